The highest BCUT2D eigenvalue weighted by Gasteiger charge is 2.02. The maximum Gasteiger partial charge on any atom is 0.223 e. The van der Waals surface area contributed by atoms with Gasteiger partial charge in [0.05, 0.1) is 12.2 Å². The topological polar surface area (TPSA) is 93.7 Å². The van der Waals surface area contributed by atoms with Gasteiger partial charge in [0.1, 0.15) is 11.6 Å². The lowest BCUT2D eigenvalue weighted by atomic mass is 10.4. The minimum atomic E-state index is 0.236. The lowest BCUT2D eigenvalue weighted by Gasteiger charge is -2.06. The van der Waals surface area contributed by atoms with Crippen molar-refractivity contribution in [3.05, 3.63) is 24.0 Å². The predicted octanol–water partition coefficient (Wildman–Crippen LogP) is 0.446. The third-order valence-corrected chi connectivity index (χ3v) is 2.22. The molecule has 0 atom stereocenters. The van der Waals surface area contributed by atoms with Gasteiger partial charge in [-0.15, -0.1) is 0 Å². The van der Waals surface area contributed by atoms with Crippen LogP contribution in [-0.4, -0.2) is 26.8 Å². The van der Waals surface area contributed by atoms with E-state index in [9.17, 15) is 0 Å². The van der Waals surface area contributed by atoms with Gasteiger partial charge in [-0.1, -0.05) is 0 Å². The Kier molecular flexibility index (Phi) is 3.08. The summed E-state index contributed by atoms with van der Waals surface area (Å²) >= 11 is 0. The molecule has 0 radical (unpaired) electrons. The van der Waals surface area contributed by atoms with Crippen LogP contribution < -0.4 is 16.4 Å². The molecule has 0 aliphatic carbocycles. The van der Waals surface area contributed by atoms with Gasteiger partial charge in [0.15, 0.2) is 0 Å². The molecule has 0 unspecified atom stereocenters. The Morgan fingerprint density at radius 3 is 2.76 bits per heavy atom. The number of nitrogens with one attached hydrogen (secondary N) is 2. The van der Waals surface area contributed by atoms with Gasteiger partial charge in [0, 0.05) is 26.4 Å². The molecule has 17 heavy (non-hydrogen) atoms. The number of aromatic nitrogens is 4. The molecule has 0 saturated carbocycles. The highest BCUT2D eigenvalue weighted by atomic mass is 15.3. The van der Waals surface area contributed by atoms with E-state index in [0.29, 0.717) is 18.2 Å². The fourth-order valence-corrected chi connectivity index (χ4v) is 1.42. The molecule has 0 saturated heterocycles. The minimum Gasteiger partial charge on any atom is -0.373 e. The van der Waals surface area contributed by atoms with E-state index >= 15 is 0 Å². The number of anilines is 3. The largest absolute Gasteiger partial charge is 0.373 e. The van der Waals surface area contributed by atoms with Crippen molar-refractivity contribution in [1.82, 2.24) is 19.7 Å². The van der Waals surface area contributed by atoms with E-state index in [4.69, 9.17) is 5.73 Å². The van der Waals surface area contributed by atoms with Crippen LogP contribution in [0.2, 0.25) is 0 Å². The highest BCUT2D eigenvalue weighted by molar-refractivity contribution is 5.50. The van der Waals surface area contributed by atoms with Crippen LogP contribution in [0.4, 0.5) is 17.6 Å². The average molecular weight is 233 g/mol. The van der Waals surface area contributed by atoms with Crippen molar-refractivity contribution in [3.63, 3.8) is 0 Å². The minimum absolute atomic E-state index is 0.236. The summed E-state index contributed by atoms with van der Waals surface area (Å²) in [5.74, 6) is 1.59. The standard InChI is InChI=1S/C10H15N7/c1-12-8-5-9(15-10(11)14-8)13-6-7-3-4-17(2)16-7/h3-5H,6H2,1-2H3,(H4,11,12,13,14,15). The second-order valence-electron chi connectivity index (χ2n) is 3.58. The van der Waals surface area contributed by atoms with Crippen LogP contribution in [0.3, 0.4) is 0 Å². The first-order valence-electron chi connectivity index (χ1n) is 5.22. The molecule has 90 valence electrons. The fraction of sp³-hybridized carbons (Fsp3) is 0.300. The number of rotatable bonds is 4. The molecule has 0 fully saturated rings. The number of nitrogens with two attached hydrogens (primary N) is 1. The van der Waals surface area contributed by atoms with Crippen LogP contribution in [-0.2, 0) is 13.6 Å². The van der Waals surface area contributed by atoms with Crippen LogP contribution in [0.5, 0.6) is 0 Å². The molecule has 0 spiro atoms. The van der Waals surface area contributed by atoms with Gasteiger partial charge in [0.25, 0.3) is 0 Å². The summed E-state index contributed by atoms with van der Waals surface area (Å²) in [5.41, 5.74) is 6.53. The maximum absolute atomic E-state index is 5.59. The van der Waals surface area contributed by atoms with E-state index < -0.39 is 0 Å². The first-order valence-corrected chi connectivity index (χ1v) is 5.22. The molecule has 0 amide bonds. The normalized spacial score (nSPS) is 10.2. The Morgan fingerprint density at radius 2 is 2.12 bits per heavy atom. The predicted molar refractivity (Wildman–Crippen MR) is 66.5 cm³/mol. The van der Waals surface area contributed by atoms with Crippen LogP contribution in [0.15, 0.2) is 18.3 Å². The molecule has 2 aromatic rings. The van der Waals surface area contributed by atoms with Crippen molar-refractivity contribution in [3.8, 4) is 0 Å². The monoisotopic (exact) mass is 233 g/mol. The zero-order valence-electron chi connectivity index (χ0n) is 9.81. The van der Waals surface area contributed by atoms with Crippen molar-refractivity contribution < 1.29 is 0 Å². The summed E-state index contributed by atoms with van der Waals surface area (Å²) < 4.78 is 1.75. The molecule has 7 heteroatoms. The van der Waals surface area contributed by atoms with E-state index in [1.165, 1.54) is 0 Å². The summed E-state index contributed by atoms with van der Waals surface area (Å²) in [6, 6.07) is 3.73. The van der Waals surface area contributed by atoms with Crippen molar-refractivity contribution in [2.75, 3.05) is 23.4 Å². The van der Waals surface area contributed by atoms with Crippen molar-refractivity contribution in [2.45, 2.75) is 6.54 Å². The summed E-state index contributed by atoms with van der Waals surface area (Å²) in [6.07, 6.45) is 1.89. The SMILES string of the molecule is CNc1cc(NCc2ccn(C)n2)nc(N)n1. The number of aryl methyl sites for hydroxylation is 1. The van der Waals surface area contributed by atoms with E-state index in [-0.39, 0.29) is 5.95 Å². The first kappa shape index (κ1) is 11.2. The summed E-state index contributed by atoms with van der Waals surface area (Å²) in [6.45, 7) is 0.598. The van der Waals surface area contributed by atoms with Crippen LogP contribution in [0.25, 0.3) is 0 Å². The van der Waals surface area contributed by atoms with Gasteiger partial charge < -0.3 is 16.4 Å². The van der Waals surface area contributed by atoms with Crippen molar-refractivity contribution in [2.24, 2.45) is 7.05 Å². The fourth-order valence-electron chi connectivity index (χ4n) is 1.42. The van der Waals surface area contributed by atoms with Crippen LogP contribution in [0, 0.1) is 0 Å². The van der Waals surface area contributed by atoms with Gasteiger partial charge in [-0.25, -0.2) is 0 Å². The van der Waals surface area contributed by atoms with Gasteiger partial charge in [-0.05, 0) is 6.07 Å². The van der Waals surface area contributed by atoms with E-state index in [0.717, 1.165) is 5.69 Å². The van der Waals surface area contributed by atoms with Crippen LogP contribution in [0.1, 0.15) is 5.69 Å². The Bertz CT molecular complexity index is 505. The Labute approximate surface area is 99.1 Å². The summed E-state index contributed by atoms with van der Waals surface area (Å²) in [4.78, 5) is 8.09. The molecular weight excluding hydrogens is 218 g/mol. The maximum atomic E-state index is 5.59. The third-order valence-electron chi connectivity index (χ3n) is 2.22. The molecule has 0 bridgehead atoms. The lowest BCUT2D eigenvalue weighted by molar-refractivity contribution is 0.747. The number of nitrogen functional groups attached to an aromatic ring is 1. The Hall–Kier alpha value is -2.31. The summed E-state index contributed by atoms with van der Waals surface area (Å²) in [7, 11) is 3.66. The molecule has 4 N–H and O–H groups in total. The van der Waals surface area contributed by atoms with Gasteiger partial charge in [0.2, 0.25) is 5.95 Å². The lowest BCUT2D eigenvalue weighted by Crippen LogP contribution is -2.06. The van der Waals surface area contributed by atoms with E-state index in [1.807, 2.05) is 19.3 Å². The first-order chi connectivity index (χ1) is 8.17. The molecular formula is C10H15N7. The second kappa shape index (κ2) is 4.69. The smallest absolute Gasteiger partial charge is 0.223 e. The van der Waals surface area contributed by atoms with Crippen molar-refractivity contribution in [1.29, 1.82) is 0 Å². The van der Waals surface area contributed by atoms with Gasteiger partial charge >= 0.3 is 0 Å². The van der Waals surface area contributed by atoms with E-state index in [1.54, 1.807) is 17.8 Å². The van der Waals surface area contributed by atoms with Crippen molar-refractivity contribution >= 4 is 17.6 Å². The Balaban J connectivity index is 2.05. The van der Waals surface area contributed by atoms with E-state index in [2.05, 4.69) is 25.7 Å². The zero-order valence-corrected chi connectivity index (χ0v) is 9.81. The number of hydrogen-bond donors (Lipinski definition) is 3. The van der Waals surface area contributed by atoms with Gasteiger partial charge in [-0.3, -0.25) is 4.68 Å². The average Bonchev–Trinajstić information content (AvgIpc) is 2.72. The molecule has 7 nitrogen and oxygen atoms in total. The number of hydrogen-bond acceptors (Lipinski definition) is 6. The Morgan fingerprint density at radius 1 is 1.35 bits per heavy atom. The van der Waals surface area contributed by atoms with Gasteiger partial charge in [-0.2, -0.15) is 15.1 Å². The molecule has 0 aliphatic heterocycles. The van der Waals surface area contributed by atoms with Crippen LogP contribution >= 0.6 is 0 Å². The molecule has 0 aromatic carbocycles. The zero-order chi connectivity index (χ0) is 12.3. The number of nitrogens with zero attached hydrogens (tertiary/aromatic N) is 4. The molecule has 2 rings (SSSR count). The molecule has 2 heterocycles. The molecule has 0 aliphatic rings. The molecule has 2 aromatic heterocycles. The third kappa shape index (κ3) is 2.83. The highest BCUT2D eigenvalue weighted by Crippen LogP contribution is 2.12. The second-order valence-corrected chi connectivity index (χ2v) is 3.58. The quantitative estimate of drug-likeness (QED) is 0.709. The summed E-state index contributed by atoms with van der Waals surface area (Å²) in [5, 5.41) is 10.3.